The zero-order valence-corrected chi connectivity index (χ0v) is 18.4. The highest BCUT2D eigenvalue weighted by molar-refractivity contribution is 7.98. The smallest absolute Gasteiger partial charge is 0.196 e. The van der Waals surface area contributed by atoms with Gasteiger partial charge in [-0.25, -0.2) is 0 Å². The number of nitrogens with zero attached hydrogens (tertiary/aromatic N) is 5. The van der Waals surface area contributed by atoms with E-state index >= 15 is 0 Å². The van der Waals surface area contributed by atoms with E-state index in [1.807, 2.05) is 62.5 Å². The Labute approximate surface area is 184 Å². The van der Waals surface area contributed by atoms with Crippen molar-refractivity contribution < 1.29 is 4.42 Å². The maximum atomic E-state index is 6.26. The van der Waals surface area contributed by atoms with Crippen LogP contribution >= 0.6 is 23.4 Å². The Bertz CT molecular complexity index is 1110. The fourth-order valence-electron chi connectivity index (χ4n) is 3.13. The summed E-state index contributed by atoms with van der Waals surface area (Å²) in [4.78, 5) is 6.23. The summed E-state index contributed by atoms with van der Waals surface area (Å²) in [6.45, 7) is 3.26. The van der Waals surface area contributed by atoms with Crippen molar-refractivity contribution in [1.82, 2.24) is 24.6 Å². The maximum absolute atomic E-state index is 6.26. The zero-order valence-electron chi connectivity index (χ0n) is 16.8. The number of benzene rings is 1. The molecule has 0 saturated heterocycles. The lowest BCUT2D eigenvalue weighted by Crippen LogP contribution is -2.19. The van der Waals surface area contributed by atoms with Gasteiger partial charge in [0.25, 0.3) is 0 Å². The molecule has 0 saturated carbocycles. The maximum Gasteiger partial charge on any atom is 0.196 e. The Morgan fingerprint density at radius 3 is 2.63 bits per heavy atom. The highest BCUT2D eigenvalue weighted by Gasteiger charge is 2.17. The van der Waals surface area contributed by atoms with Crippen LogP contribution in [0.3, 0.4) is 0 Å². The van der Waals surface area contributed by atoms with E-state index in [-0.39, 0.29) is 0 Å². The molecule has 8 heteroatoms. The van der Waals surface area contributed by atoms with E-state index in [0.717, 1.165) is 33.9 Å². The normalized spacial score (nSPS) is 11.3. The molecule has 3 aromatic heterocycles. The monoisotopic (exact) mass is 439 g/mol. The summed E-state index contributed by atoms with van der Waals surface area (Å²) in [5, 5.41) is 10.5. The topological polar surface area (TPSA) is 60.0 Å². The van der Waals surface area contributed by atoms with Crippen LogP contribution in [0, 0.1) is 6.92 Å². The molecular weight excluding hydrogens is 418 g/mol. The molecule has 0 bridgehead atoms. The molecule has 154 valence electrons. The number of halogens is 1. The first-order chi connectivity index (χ1) is 14.6. The van der Waals surface area contributed by atoms with Crippen LogP contribution in [-0.2, 0) is 18.8 Å². The minimum Gasteiger partial charge on any atom is -0.465 e. The van der Waals surface area contributed by atoms with Crippen molar-refractivity contribution in [3.05, 3.63) is 88.9 Å². The molecule has 4 aromatic rings. The van der Waals surface area contributed by atoms with Crippen molar-refractivity contribution >= 4 is 23.4 Å². The average molecular weight is 440 g/mol. The van der Waals surface area contributed by atoms with Crippen LogP contribution in [0.1, 0.15) is 22.9 Å². The Kier molecular flexibility index (Phi) is 6.52. The van der Waals surface area contributed by atoms with Crippen LogP contribution in [0.2, 0.25) is 5.02 Å². The van der Waals surface area contributed by atoms with Gasteiger partial charge >= 0.3 is 0 Å². The molecular formula is C22H22ClN5OS. The SMILES string of the molecule is Cc1ccc(CN(C)Cc2nnc(SCc3ccncc3)n2-c2cccc(Cl)c2)o1. The van der Waals surface area contributed by atoms with Gasteiger partial charge in [-0.15, -0.1) is 10.2 Å². The van der Waals surface area contributed by atoms with E-state index in [9.17, 15) is 0 Å². The minimum atomic E-state index is 0.620. The number of thioether (sulfide) groups is 1. The number of hydrogen-bond acceptors (Lipinski definition) is 6. The van der Waals surface area contributed by atoms with Gasteiger partial charge < -0.3 is 4.42 Å². The molecule has 0 amide bonds. The van der Waals surface area contributed by atoms with Gasteiger partial charge in [-0.3, -0.25) is 14.5 Å². The third-order valence-corrected chi connectivity index (χ3v) is 5.75. The van der Waals surface area contributed by atoms with Gasteiger partial charge in [0.15, 0.2) is 11.0 Å². The van der Waals surface area contributed by atoms with Crippen LogP contribution in [0.15, 0.2) is 70.5 Å². The molecule has 1 aromatic carbocycles. The molecule has 0 radical (unpaired) electrons. The molecule has 6 nitrogen and oxygen atoms in total. The van der Waals surface area contributed by atoms with Gasteiger partial charge in [0.1, 0.15) is 11.5 Å². The Hall–Kier alpha value is -2.61. The van der Waals surface area contributed by atoms with E-state index in [2.05, 4.69) is 24.6 Å². The first kappa shape index (κ1) is 20.7. The van der Waals surface area contributed by atoms with Crippen molar-refractivity contribution in [3.63, 3.8) is 0 Å². The molecule has 0 spiro atoms. The molecule has 0 aliphatic carbocycles. The predicted octanol–water partition coefficient (Wildman–Crippen LogP) is 5.14. The lowest BCUT2D eigenvalue weighted by atomic mass is 10.3. The van der Waals surface area contributed by atoms with E-state index < -0.39 is 0 Å². The summed E-state index contributed by atoms with van der Waals surface area (Å²) in [6.07, 6.45) is 3.60. The predicted molar refractivity (Wildman–Crippen MR) is 119 cm³/mol. The molecule has 0 unspecified atom stereocenters. The van der Waals surface area contributed by atoms with Gasteiger partial charge in [0.05, 0.1) is 18.8 Å². The lowest BCUT2D eigenvalue weighted by Gasteiger charge is -2.16. The second-order valence-corrected chi connectivity index (χ2v) is 8.42. The third-order valence-electron chi connectivity index (χ3n) is 4.52. The Morgan fingerprint density at radius 2 is 1.90 bits per heavy atom. The van der Waals surface area contributed by atoms with Crippen LogP contribution in [0.4, 0.5) is 0 Å². The van der Waals surface area contributed by atoms with Crippen molar-refractivity contribution in [2.75, 3.05) is 7.05 Å². The van der Waals surface area contributed by atoms with Crippen molar-refractivity contribution in [2.45, 2.75) is 30.9 Å². The molecule has 0 atom stereocenters. The van der Waals surface area contributed by atoms with Crippen LogP contribution in [-0.4, -0.2) is 31.7 Å². The quantitative estimate of drug-likeness (QED) is 0.354. The number of furan rings is 1. The highest BCUT2D eigenvalue weighted by atomic mass is 35.5. The summed E-state index contributed by atoms with van der Waals surface area (Å²) in [7, 11) is 2.04. The molecule has 3 heterocycles. The van der Waals surface area contributed by atoms with Gasteiger partial charge in [-0.05, 0) is 62.0 Å². The van der Waals surface area contributed by atoms with Crippen LogP contribution < -0.4 is 0 Å². The summed E-state index contributed by atoms with van der Waals surface area (Å²) < 4.78 is 7.78. The van der Waals surface area contributed by atoms with Crippen LogP contribution in [0.25, 0.3) is 5.69 Å². The van der Waals surface area contributed by atoms with E-state index in [1.165, 1.54) is 5.56 Å². The number of pyridine rings is 1. The van der Waals surface area contributed by atoms with Gasteiger partial charge in [0, 0.05) is 23.2 Å². The fourth-order valence-corrected chi connectivity index (χ4v) is 4.24. The van der Waals surface area contributed by atoms with Crippen molar-refractivity contribution in [1.29, 1.82) is 0 Å². The number of aryl methyl sites for hydroxylation is 1. The average Bonchev–Trinajstić information content (AvgIpc) is 3.32. The Morgan fingerprint density at radius 1 is 1.07 bits per heavy atom. The number of aromatic nitrogens is 4. The zero-order chi connectivity index (χ0) is 20.9. The Balaban J connectivity index is 1.58. The minimum absolute atomic E-state index is 0.620. The molecule has 0 fully saturated rings. The van der Waals surface area contributed by atoms with Gasteiger partial charge in [-0.1, -0.05) is 29.4 Å². The summed E-state index contributed by atoms with van der Waals surface area (Å²) in [5.41, 5.74) is 2.13. The van der Waals surface area contributed by atoms with Crippen molar-refractivity contribution in [3.8, 4) is 5.69 Å². The molecule has 0 aliphatic heterocycles. The number of hydrogen-bond donors (Lipinski definition) is 0. The van der Waals surface area contributed by atoms with E-state index in [1.54, 1.807) is 24.2 Å². The standard InChI is InChI=1S/C22H22ClN5OS/c1-16-6-7-20(29-16)13-27(2)14-21-25-26-22(30-15-17-8-10-24-11-9-17)28(21)19-5-3-4-18(23)12-19/h3-12H,13-15H2,1-2H3. The summed E-state index contributed by atoms with van der Waals surface area (Å²) in [6, 6.07) is 15.7. The second-order valence-electron chi connectivity index (χ2n) is 7.04. The third kappa shape index (κ3) is 5.11. The highest BCUT2D eigenvalue weighted by Crippen LogP contribution is 2.27. The second kappa shape index (κ2) is 9.47. The van der Waals surface area contributed by atoms with E-state index in [4.69, 9.17) is 16.0 Å². The molecule has 0 N–H and O–H groups in total. The van der Waals surface area contributed by atoms with Gasteiger partial charge in [-0.2, -0.15) is 0 Å². The summed E-state index contributed by atoms with van der Waals surface area (Å²) >= 11 is 7.90. The fraction of sp³-hybridized carbons (Fsp3) is 0.227. The van der Waals surface area contributed by atoms with Crippen molar-refractivity contribution in [2.24, 2.45) is 0 Å². The van der Waals surface area contributed by atoms with E-state index in [0.29, 0.717) is 18.1 Å². The van der Waals surface area contributed by atoms with Gasteiger partial charge in [0.2, 0.25) is 0 Å². The molecule has 30 heavy (non-hydrogen) atoms. The molecule has 0 aliphatic rings. The van der Waals surface area contributed by atoms with Crippen LogP contribution in [0.5, 0.6) is 0 Å². The lowest BCUT2D eigenvalue weighted by molar-refractivity contribution is 0.277. The summed E-state index contributed by atoms with van der Waals surface area (Å²) in [5.74, 6) is 3.47. The molecule has 4 rings (SSSR count). The number of rotatable bonds is 8. The first-order valence-corrected chi connectivity index (χ1v) is 10.9. The largest absolute Gasteiger partial charge is 0.465 e. The first-order valence-electron chi connectivity index (χ1n) is 9.54.